The van der Waals surface area contributed by atoms with E-state index in [1.165, 1.54) is 12.8 Å². The summed E-state index contributed by atoms with van der Waals surface area (Å²) in [6, 6.07) is -0.631. The molecule has 2 aliphatic heterocycles. The van der Waals surface area contributed by atoms with Gasteiger partial charge in [-0.05, 0) is 43.9 Å². The molecule has 3 heterocycles. The minimum absolute atomic E-state index is 0.0910. The van der Waals surface area contributed by atoms with Gasteiger partial charge in [0.15, 0.2) is 0 Å². The molecule has 0 spiro atoms. The Morgan fingerprint density at radius 2 is 2.14 bits per heavy atom. The molecule has 3 fully saturated rings. The lowest BCUT2D eigenvalue weighted by Crippen LogP contribution is -2.34. The highest BCUT2D eigenvalue weighted by molar-refractivity contribution is 5.76. The smallest absolute Gasteiger partial charge is 0.344 e. The van der Waals surface area contributed by atoms with Gasteiger partial charge < -0.3 is 9.32 Å². The summed E-state index contributed by atoms with van der Waals surface area (Å²) in [5.74, 6) is 2.84. The lowest BCUT2D eigenvalue weighted by atomic mass is 9.74. The summed E-state index contributed by atoms with van der Waals surface area (Å²) >= 11 is 0. The molecule has 0 aromatic carbocycles. The molecule has 1 N–H and O–H groups in total. The predicted octanol–water partition coefficient (Wildman–Crippen LogP) is 2.38. The molecule has 7 heteroatoms. The number of aromatic nitrogens is 2. The van der Waals surface area contributed by atoms with E-state index in [0.717, 1.165) is 42.6 Å². The summed E-state index contributed by atoms with van der Waals surface area (Å²) in [6.07, 6.45) is 6.06. The molecule has 2 bridgehead atoms. The van der Waals surface area contributed by atoms with E-state index in [0.29, 0.717) is 18.3 Å². The Kier molecular flexibility index (Phi) is 3.32. The first-order valence-electron chi connectivity index (χ1n) is 8.22. The van der Waals surface area contributed by atoms with Crippen molar-refractivity contribution >= 4 is 6.03 Å². The van der Waals surface area contributed by atoms with Crippen LogP contribution in [0.3, 0.4) is 0 Å². The van der Waals surface area contributed by atoms with Crippen molar-refractivity contribution in [2.75, 3.05) is 6.54 Å². The van der Waals surface area contributed by atoms with E-state index in [1.807, 2.05) is 0 Å². The third-order valence-electron chi connectivity index (χ3n) is 5.35. The van der Waals surface area contributed by atoms with Crippen molar-refractivity contribution in [1.82, 2.24) is 20.2 Å². The Labute approximate surface area is 129 Å². The molecule has 7 nitrogen and oxygen atoms in total. The van der Waals surface area contributed by atoms with Gasteiger partial charge in [-0.2, -0.15) is 0 Å². The molecular weight excluding hydrogens is 284 g/mol. The molecule has 3 aliphatic rings. The fourth-order valence-electron chi connectivity index (χ4n) is 4.04. The molecular formula is C15H22N4O3. The SMILES string of the molecule is C[C@H]1C[C@H](CCc2nnc([C@@H]3CC[C@@H]4CN3C(=O)N4O)o2)C1. The molecule has 2 atom stereocenters. The number of carbonyl (C=O) groups excluding carboxylic acids is 1. The molecule has 4 rings (SSSR count). The van der Waals surface area contributed by atoms with Gasteiger partial charge >= 0.3 is 6.03 Å². The van der Waals surface area contributed by atoms with Crippen LogP contribution < -0.4 is 0 Å². The molecule has 2 saturated heterocycles. The first kappa shape index (κ1) is 14.0. The number of amides is 2. The first-order valence-corrected chi connectivity index (χ1v) is 8.22. The highest BCUT2D eigenvalue weighted by atomic mass is 16.5. The van der Waals surface area contributed by atoms with Crippen LogP contribution in [0, 0.1) is 11.8 Å². The molecule has 120 valence electrons. The first-order chi connectivity index (χ1) is 10.6. The predicted molar refractivity (Wildman–Crippen MR) is 76.0 cm³/mol. The zero-order valence-corrected chi connectivity index (χ0v) is 12.8. The summed E-state index contributed by atoms with van der Waals surface area (Å²) in [4.78, 5) is 13.6. The molecule has 1 aliphatic carbocycles. The van der Waals surface area contributed by atoms with Crippen LogP contribution in [0.2, 0.25) is 0 Å². The van der Waals surface area contributed by atoms with E-state index in [9.17, 15) is 10.0 Å². The van der Waals surface area contributed by atoms with E-state index in [1.54, 1.807) is 4.90 Å². The van der Waals surface area contributed by atoms with Crippen LogP contribution in [0.25, 0.3) is 0 Å². The maximum absolute atomic E-state index is 12.0. The minimum Gasteiger partial charge on any atom is -0.423 e. The van der Waals surface area contributed by atoms with Gasteiger partial charge in [-0.3, -0.25) is 5.21 Å². The second-order valence-corrected chi connectivity index (χ2v) is 7.04. The van der Waals surface area contributed by atoms with Gasteiger partial charge in [-0.25, -0.2) is 9.86 Å². The Hall–Kier alpha value is -1.63. The quantitative estimate of drug-likeness (QED) is 0.864. The average Bonchev–Trinajstić information content (AvgIpc) is 3.04. The Morgan fingerprint density at radius 3 is 2.91 bits per heavy atom. The Balaban J connectivity index is 1.40. The number of carbonyl (C=O) groups is 1. The van der Waals surface area contributed by atoms with Crippen LogP contribution in [0.5, 0.6) is 0 Å². The second-order valence-electron chi connectivity index (χ2n) is 7.04. The van der Waals surface area contributed by atoms with Crippen molar-refractivity contribution in [1.29, 1.82) is 0 Å². The van der Waals surface area contributed by atoms with Crippen molar-refractivity contribution < 1.29 is 14.4 Å². The molecule has 1 saturated carbocycles. The van der Waals surface area contributed by atoms with Crippen LogP contribution in [0.1, 0.15) is 56.9 Å². The number of fused-ring (bicyclic) bond motifs is 2. The maximum atomic E-state index is 12.0. The third kappa shape index (κ3) is 2.27. The van der Waals surface area contributed by atoms with Gasteiger partial charge in [0.2, 0.25) is 11.8 Å². The number of hydroxylamine groups is 2. The lowest BCUT2D eigenvalue weighted by Gasteiger charge is -2.32. The Bertz CT molecular complexity index is 569. The number of urea groups is 1. The maximum Gasteiger partial charge on any atom is 0.344 e. The number of hydrogen-bond donors (Lipinski definition) is 1. The highest BCUT2D eigenvalue weighted by Crippen LogP contribution is 2.38. The standard InChI is InChI=1S/C15H22N4O3/c1-9-6-10(7-9)2-5-13-16-17-14(22-13)12-4-3-11-8-18(12)15(20)19(11)21/h9-12,21H,2-8H2,1H3/t9-,10-,11-,12+/m1/s1. The van der Waals surface area contributed by atoms with Gasteiger partial charge in [-0.15, -0.1) is 10.2 Å². The summed E-state index contributed by atoms with van der Waals surface area (Å²) in [5, 5.41) is 18.8. The van der Waals surface area contributed by atoms with E-state index in [2.05, 4.69) is 17.1 Å². The van der Waals surface area contributed by atoms with Crippen molar-refractivity contribution in [2.24, 2.45) is 11.8 Å². The fraction of sp³-hybridized carbons (Fsp3) is 0.800. The van der Waals surface area contributed by atoms with Gasteiger partial charge in [0, 0.05) is 13.0 Å². The van der Waals surface area contributed by atoms with Gasteiger partial charge in [0.1, 0.15) is 6.04 Å². The molecule has 0 radical (unpaired) electrons. The van der Waals surface area contributed by atoms with Crippen LogP contribution in [-0.2, 0) is 6.42 Å². The third-order valence-corrected chi connectivity index (χ3v) is 5.35. The topological polar surface area (TPSA) is 82.7 Å². The van der Waals surface area contributed by atoms with Crippen LogP contribution in [0.15, 0.2) is 4.42 Å². The number of aryl methyl sites for hydroxylation is 1. The highest BCUT2D eigenvalue weighted by Gasteiger charge is 2.46. The van der Waals surface area contributed by atoms with Crippen molar-refractivity contribution in [3.63, 3.8) is 0 Å². The van der Waals surface area contributed by atoms with E-state index >= 15 is 0 Å². The van der Waals surface area contributed by atoms with E-state index < -0.39 is 0 Å². The summed E-state index contributed by atoms with van der Waals surface area (Å²) < 4.78 is 5.79. The Morgan fingerprint density at radius 1 is 1.32 bits per heavy atom. The zero-order valence-electron chi connectivity index (χ0n) is 12.8. The summed E-state index contributed by atoms with van der Waals surface area (Å²) in [5.41, 5.74) is 0. The van der Waals surface area contributed by atoms with Crippen molar-refractivity contribution in [2.45, 2.75) is 57.5 Å². The van der Waals surface area contributed by atoms with Crippen LogP contribution >= 0.6 is 0 Å². The average molecular weight is 306 g/mol. The molecule has 1 aromatic heterocycles. The van der Waals surface area contributed by atoms with E-state index in [-0.39, 0.29) is 18.1 Å². The zero-order chi connectivity index (χ0) is 15.3. The van der Waals surface area contributed by atoms with Crippen LogP contribution in [-0.4, -0.2) is 44.0 Å². The number of rotatable bonds is 4. The number of hydrogen-bond acceptors (Lipinski definition) is 5. The molecule has 2 amide bonds. The van der Waals surface area contributed by atoms with Crippen LogP contribution in [0.4, 0.5) is 4.79 Å². The molecule has 0 unspecified atom stereocenters. The molecule has 22 heavy (non-hydrogen) atoms. The van der Waals surface area contributed by atoms with Crippen molar-refractivity contribution in [3.05, 3.63) is 11.8 Å². The largest absolute Gasteiger partial charge is 0.423 e. The molecule has 1 aromatic rings. The normalized spacial score (nSPS) is 34.2. The van der Waals surface area contributed by atoms with Gasteiger partial charge in [-0.1, -0.05) is 6.92 Å². The van der Waals surface area contributed by atoms with Crippen molar-refractivity contribution in [3.8, 4) is 0 Å². The fourth-order valence-corrected chi connectivity index (χ4v) is 4.04. The van der Waals surface area contributed by atoms with Gasteiger partial charge in [0.05, 0.1) is 6.04 Å². The number of nitrogens with zero attached hydrogens (tertiary/aromatic N) is 4. The summed E-state index contributed by atoms with van der Waals surface area (Å²) in [6.45, 7) is 2.83. The number of piperidine rings is 1. The van der Waals surface area contributed by atoms with Gasteiger partial charge in [0.25, 0.3) is 0 Å². The minimum atomic E-state index is -0.351. The lowest BCUT2D eigenvalue weighted by molar-refractivity contribution is -0.0584. The monoisotopic (exact) mass is 306 g/mol. The van der Waals surface area contributed by atoms with E-state index in [4.69, 9.17) is 4.42 Å². The summed E-state index contributed by atoms with van der Waals surface area (Å²) in [7, 11) is 0. The second kappa shape index (κ2) is 5.22.